The molecule has 94 valence electrons. The fraction of sp³-hybridized carbons (Fsp3) is 0.267. The molecule has 0 radical (unpaired) electrons. The van der Waals surface area contributed by atoms with Crippen molar-refractivity contribution in [1.82, 2.24) is 0 Å². The maximum absolute atomic E-state index is 12.2. The zero-order valence-corrected chi connectivity index (χ0v) is 10.4. The van der Waals surface area contributed by atoms with Crippen LogP contribution in [0.5, 0.6) is 0 Å². The van der Waals surface area contributed by atoms with E-state index in [2.05, 4.69) is 12.3 Å². The molecule has 1 rings (SSSR count). The summed E-state index contributed by atoms with van der Waals surface area (Å²) < 4.78 is 4.92. The Morgan fingerprint density at radius 2 is 2.06 bits per heavy atom. The number of hydrogen-bond donors (Lipinski definition) is 0. The fourth-order valence-electron chi connectivity index (χ4n) is 1.56. The second kappa shape index (κ2) is 7.25. The number of carbonyl (C=O) groups excluding carboxylic acids is 2. The van der Waals surface area contributed by atoms with E-state index in [0.717, 1.165) is 0 Å². The van der Waals surface area contributed by atoms with E-state index in [1.807, 2.05) is 6.07 Å². The highest BCUT2D eigenvalue weighted by atomic mass is 16.5. The first-order chi connectivity index (χ1) is 8.70. The van der Waals surface area contributed by atoms with Crippen LogP contribution in [0.15, 0.2) is 48.7 Å². The molecule has 0 N–H and O–H groups in total. The summed E-state index contributed by atoms with van der Waals surface area (Å²) in [4.78, 5) is 24.0. The van der Waals surface area contributed by atoms with Gasteiger partial charge >= 0.3 is 5.97 Å². The van der Waals surface area contributed by atoms with Gasteiger partial charge in [0.1, 0.15) is 5.92 Å². The Morgan fingerprint density at radius 3 is 2.61 bits per heavy atom. The van der Waals surface area contributed by atoms with Gasteiger partial charge in [0.05, 0.1) is 6.61 Å². The van der Waals surface area contributed by atoms with Crippen molar-refractivity contribution in [2.75, 3.05) is 6.61 Å². The smallest absolute Gasteiger partial charge is 0.317 e. The summed E-state index contributed by atoms with van der Waals surface area (Å²) in [5.41, 5.74) is 3.07. The van der Waals surface area contributed by atoms with E-state index in [1.54, 1.807) is 37.3 Å². The van der Waals surface area contributed by atoms with Gasteiger partial charge in [-0.05, 0) is 19.4 Å². The molecule has 0 fully saturated rings. The molecule has 0 aliphatic heterocycles. The number of rotatable bonds is 6. The largest absolute Gasteiger partial charge is 0.465 e. The fourth-order valence-corrected chi connectivity index (χ4v) is 1.56. The quantitative estimate of drug-likeness (QED) is 0.334. The Hall–Kier alpha value is -2.12. The van der Waals surface area contributed by atoms with Crippen molar-refractivity contribution in [3.05, 3.63) is 54.3 Å². The van der Waals surface area contributed by atoms with E-state index in [4.69, 9.17) is 4.74 Å². The van der Waals surface area contributed by atoms with Crippen LogP contribution in [0.3, 0.4) is 0 Å². The van der Waals surface area contributed by atoms with Gasteiger partial charge in [0, 0.05) is 5.56 Å². The van der Waals surface area contributed by atoms with Gasteiger partial charge in [-0.15, -0.1) is 5.73 Å². The lowest BCUT2D eigenvalue weighted by Gasteiger charge is -2.12. The number of esters is 1. The number of allylic oxidation sites excluding steroid dienone is 1. The molecule has 1 aromatic carbocycles. The minimum absolute atomic E-state index is 0.236. The molecule has 0 aliphatic carbocycles. The molecular weight excluding hydrogens is 228 g/mol. The molecule has 0 spiro atoms. The first-order valence-electron chi connectivity index (χ1n) is 5.80. The SMILES string of the molecule is C=C=CCC(C(=O)OCC)C(=O)c1ccccc1. The molecule has 0 saturated carbocycles. The van der Waals surface area contributed by atoms with Crippen molar-refractivity contribution in [2.24, 2.45) is 5.92 Å². The van der Waals surface area contributed by atoms with Gasteiger partial charge in [0.15, 0.2) is 5.78 Å². The average Bonchev–Trinajstić information content (AvgIpc) is 2.40. The standard InChI is InChI=1S/C15H16O3/c1-3-5-11-13(15(17)18-4-2)14(16)12-9-7-6-8-10-12/h5-10,13H,1,4,11H2,2H3. The Kier molecular flexibility index (Phi) is 5.62. The predicted octanol–water partition coefficient (Wildman–Crippen LogP) is 2.78. The number of hydrogen-bond acceptors (Lipinski definition) is 3. The van der Waals surface area contributed by atoms with Crippen LogP contribution in [-0.4, -0.2) is 18.4 Å². The van der Waals surface area contributed by atoms with Crippen LogP contribution in [0, 0.1) is 5.92 Å². The molecule has 1 atom stereocenters. The van der Waals surface area contributed by atoms with Crippen molar-refractivity contribution in [2.45, 2.75) is 13.3 Å². The van der Waals surface area contributed by atoms with Crippen molar-refractivity contribution in [3.63, 3.8) is 0 Å². The minimum atomic E-state index is -0.818. The van der Waals surface area contributed by atoms with E-state index in [-0.39, 0.29) is 18.8 Å². The number of carbonyl (C=O) groups is 2. The highest BCUT2D eigenvalue weighted by Crippen LogP contribution is 2.15. The Labute approximate surface area is 107 Å². The van der Waals surface area contributed by atoms with Crippen LogP contribution in [0.2, 0.25) is 0 Å². The first kappa shape index (κ1) is 13.9. The van der Waals surface area contributed by atoms with Crippen molar-refractivity contribution >= 4 is 11.8 Å². The van der Waals surface area contributed by atoms with Gasteiger partial charge in [-0.2, -0.15) is 0 Å². The predicted molar refractivity (Wildman–Crippen MR) is 69.2 cm³/mol. The molecule has 0 bridgehead atoms. The van der Waals surface area contributed by atoms with E-state index in [1.165, 1.54) is 0 Å². The van der Waals surface area contributed by atoms with E-state index >= 15 is 0 Å². The minimum Gasteiger partial charge on any atom is -0.465 e. The van der Waals surface area contributed by atoms with Crippen LogP contribution in [-0.2, 0) is 9.53 Å². The van der Waals surface area contributed by atoms with Crippen LogP contribution in [0.25, 0.3) is 0 Å². The monoisotopic (exact) mass is 244 g/mol. The Bertz CT molecular complexity index is 456. The van der Waals surface area contributed by atoms with E-state index in [0.29, 0.717) is 5.56 Å². The average molecular weight is 244 g/mol. The summed E-state index contributed by atoms with van der Waals surface area (Å²) in [6.45, 7) is 5.40. The first-order valence-corrected chi connectivity index (χ1v) is 5.80. The third-order valence-corrected chi connectivity index (χ3v) is 2.44. The third kappa shape index (κ3) is 3.72. The summed E-state index contributed by atoms with van der Waals surface area (Å²) in [5.74, 6) is -1.56. The van der Waals surface area contributed by atoms with Gasteiger partial charge in [0.25, 0.3) is 0 Å². The highest BCUT2D eigenvalue weighted by molar-refractivity contribution is 6.08. The number of ether oxygens (including phenoxy) is 1. The van der Waals surface area contributed by atoms with Gasteiger partial charge < -0.3 is 4.74 Å². The zero-order valence-electron chi connectivity index (χ0n) is 10.4. The van der Waals surface area contributed by atoms with Gasteiger partial charge in [-0.3, -0.25) is 9.59 Å². The van der Waals surface area contributed by atoms with Crippen LogP contribution >= 0.6 is 0 Å². The molecule has 1 aromatic rings. The summed E-state index contributed by atoms with van der Waals surface area (Å²) in [7, 11) is 0. The third-order valence-electron chi connectivity index (χ3n) is 2.44. The lowest BCUT2D eigenvalue weighted by atomic mass is 9.94. The lowest BCUT2D eigenvalue weighted by molar-refractivity contribution is -0.146. The normalized spacial score (nSPS) is 11.2. The van der Waals surface area contributed by atoms with Crippen LogP contribution in [0.1, 0.15) is 23.7 Å². The second-order valence-electron chi connectivity index (χ2n) is 3.68. The molecule has 1 unspecified atom stereocenters. The van der Waals surface area contributed by atoms with Crippen molar-refractivity contribution in [3.8, 4) is 0 Å². The van der Waals surface area contributed by atoms with Crippen LogP contribution < -0.4 is 0 Å². The summed E-state index contributed by atoms with van der Waals surface area (Å²) in [6, 6.07) is 8.72. The van der Waals surface area contributed by atoms with Gasteiger partial charge in [-0.1, -0.05) is 36.9 Å². The molecule has 18 heavy (non-hydrogen) atoms. The van der Waals surface area contributed by atoms with Crippen LogP contribution in [0.4, 0.5) is 0 Å². The molecule has 0 heterocycles. The molecule has 0 saturated heterocycles. The molecule has 0 aromatic heterocycles. The molecule has 0 aliphatic rings. The maximum atomic E-state index is 12.2. The summed E-state index contributed by atoms with van der Waals surface area (Å²) >= 11 is 0. The molecule has 3 nitrogen and oxygen atoms in total. The Balaban J connectivity index is 2.92. The highest BCUT2D eigenvalue weighted by Gasteiger charge is 2.27. The van der Waals surface area contributed by atoms with E-state index in [9.17, 15) is 9.59 Å². The zero-order chi connectivity index (χ0) is 13.4. The molecule has 0 amide bonds. The van der Waals surface area contributed by atoms with Crippen molar-refractivity contribution in [1.29, 1.82) is 0 Å². The summed E-state index contributed by atoms with van der Waals surface area (Å²) in [5, 5.41) is 0. The van der Waals surface area contributed by atoms with Gasteiger partial charge in [-0.25, -0.2) is 0 Å². The molecule has 3 heteroatoms. The lowest BCUT2D eigenvalue weighted by Crippen LogP contribution is -2.26. The maximum Gasteiger partial charge on any atom is 0.317 e. The molecular formula is C15H16O3. The number of ketones is 1. The second-order valence-corrected chi connectivity index (χ2v) is 3.68. The summed E-state index contributed by atoms with van der Waals surface area (Å²) in [6.07, 6.45) is 1.83. The number of benzene rings is 1. The Morgan fingerprint density at radius 1 is 1.39 bits per heavy atom. The number of Topliss-reactive ketones (excluding diaryl/α,β-unsaturated/α-hetero) is 1. The topological polar surface area (TPSA) is 43.4 Å². The van der Waals surface area contributed by atoms with Crippen molar-refractivity contribution < 1.29 is 14.3 Å². The van der Waals surface area contributed by atoms with Gasteiger partial charge in [0.2, 0.25) is 0 Å². The van der Waals surface area contributed by atoms with E-state index < -0.39 is 11.9 Å².